The van der Waals surface area contributed by atoms with Crippen LogP contribution in [0.2, 0.25) is 0 Å². The van der Waals surface area contributed by atoms with Crippen molar-refractivity contribution in [1.29, 1.82) is 0 Å². The molecule has 1 saturated heterocycles. The molecule has 23 heavy (non-hydrogen) atoms. The summed E-state index contributed by atoms with van der Waals surface area (Å²) in [7, 11) is 0. The number of nitrogens with one attached hydrogen (secondary N) is 2. The fourth-order valence-corrected chi connectivity index (χ4v) is 3.58. The van der Waals surface area contributed by atoms with Crippen LogP contribution in [0, 0.1) is 5.41 Å². The fourth-order valence-electron chi connectivity index (χ4n) is 3.58. The zero-order chi connectivity index (χ0) is 17.1. The van der Waals surface area contributed by atoms with Crippen LogP contribution in [0.5, 0.6) is 5.75 Å². The molecule has 2 rings (SSSR count). The molecular weight excluding hydrogens is 284 g/mol. The lowest BCUT2D eigenvalue weighted by atomic mass is 9.65. The smallest absolute Gasteiger partial charge is 0.119 e. The Morgan fingerprint density at radius 2 is 1.78 bits per heavy atom. The SMILES string of the molecule is CCC(C)(C)/C(=C\C1NCCCN1)C(C)(C)c1ccccc1O. The van der Waals surface area contributed by atoms with Crippen molar-refractivity contribution >= 4 is 0 Å². The first-order valence-electron chi connectivity index (χ1n) is 8.77. The Morgan fingerprint density at radius 1 is 1.17 bits per heavy atom. The highest BCUT2D eigenvalue weighted by atomic mass is 16.3. The number of rotatable bonds is 5. The monoisotopic (exact) mass is 316 g/mol. The largest absolute Gasteiger partial charge is 0.508 e. The quantitative estimate of drug-likeness (QED) is 0.721. The van der Waals surface area contributed by atoms with E-state index in [4.69, 9.17) is 0 Å². The van der Waals surface area contributed by atoms with E-state index >= 15 is 0 Å². The Bertz CT molecular complexity index is 555. The third-order valence-electron chi connectivity index (χ3n) is 5.28. The molecule has 0 spiro atoms. The Labute approximate surface area is 141 Å². The van der Waals surface area contributed by atoms with Crippen LogP contribution in [0.1, 0.15) is 53.0 Å². The molecule has 3 nitrogen and oxygen atoms in total. The number of aromatic hydroxyl groups is 1. The van der Waals surface area contributed by atoms with Gasteiger partial charge >= 0.3 is 0 Å². The van der Waals surface area contributed by atoms with Crippen molar-refractivity contribution in [2.24, 2.45) is 5.41 Å². The van der Waals surface area contributed by atoms with Crippen molar-refractivity contribution in [1.82, 2.24) is 10.6 Å². The second-order valence-electron chi connectivity index (χ2n) is 7.70. The van der Waals surface area contributed by atoms with Crippen molar-refractivity contribution in [2.75, 3.05) is 13.1 Å². The summed E-state index contributed by atoms with van der Waals surface area (Å²) < 4.78 is 0. The predicted molar refractivity (Wildman–Crippen MR) is 97.7 cm³/mol. The summed E-state index contributed by atoms with van der Waals surface area (Å²) >= 11 is 0. The number of phenols is 1. The lowest BCUT2D eigenvalue weighted by Crippen LogP contribution is -2.48. The Hall–Kier alpha value is -1.32. The first kappa shape index (κ1) is 18.0. The molecule has 1 aliphatic heterocycles. The average molecular weight is 316 g/mol. The Morgan fingerprint density at radius 3 is 2.35 bits per heavy atom. The minimum Gasteiger partial charge on any atom is -0.508 e. The topological polar surface area (TPSA) is 44.3 Å². The third-order valence-corrected chi connectivity index (χ3v) is 5.28. The van der Waals surface area contributed by atoms with Gasteiger partial charge in [-0.3, -0.25) is 10.6 Å². The van der Waals surface area contributed by atoms with Crippen molar-refractivity contribution in [3.8, 4) is 5.75 Å². The maximum atomic E-state index is 10.4. The summed E-state index contributed by atoms with van der Waals surface area (Å²) in [4.78, 5) is 0. The molecule has 3 heteroatoms. The summed E-state index contributed by atoms with van der Waals surface area (Å²) in [5.74, 6) is 0.375. The summed E-state index contributed by atoms with van der Waals surface area (Å²) in [6.45, 7) is 13.3. The molecule has 0 saturated carbocycles. The van der Waals surface area contributed by atoms with Crippen molar-refractivity contribution < 1.29 is 5.11 Å². The van der Waals surface area contributed by atoms with Crippen LogP contribution in [0.3, 0.4) is 0 Å². The average Bonchev–Trinajstić information content (AvgIpc) is 2.53. The molecule has 128 valence electrons. The molecule has 1 aliphatic rings. The van der Waals surface area contributed by atoms with Crippen LogP contribution in [0.4, 0.5) is 0 Å². The van der Waals surface area contributed by atoms with Gasteiger partial charge in [-0.05, 0) is 37.4 Å². The van der Waals surface area contributed by atoms with Crippen molar-refractivity contribution in [2.45, 2.75) is 59.0 Å². The summed E-state index contributed by atoms with van der Waals surface area (Å²) in [5.41, 5.74) is 2.18. The molecule has 0 atom stereocenters. The molecule has 0 aromatic heterocycles. The van der Waals surface area contributed by atoms with E-state index < -0.39 is 0 Å². The van der Waals surface area contributed by atoms with Gasteiger partial charge in [0.15, 0.2) is 0 Å². The molecule has 1 aromatic rings. The molecule has 1 aromatic carbocycles. The van der Waals surface area contributed by atoms with Gasteiger partial charge in [0.05, 0.1) is 6.17 Å². The molecule has 1 heterocycles. The number of hydrogen-bond acceptors (Lipinski definition) is 3. The highest BCUT2D eigenvalue weighted by Gasteiger charge is 2.37. The van der Waals surface area contributed by atoms with Crippen LogP contribution in [-0.4, -0.2) is 24.4 Å². The van der Waals surface area contributed by atoms with Crippen LogP contribution < -0.4 is 10.6 Å². The Balaban J connectivity index is 2.48. The lowest BCUT2D eigenvalue weighted by Gasteiger charge is -2.40. The van der Waals surface area contributed by atoms with E-state index in [1.165, 1.54) is 12.0 Å². The highest BCUT2D eigenvalue weighted by molar-refractivity contribution is 5.45. The summed E-state index contributed by atoms with van der Waals surface area (Å²) in [5, 5.41) is 17.4. The minimum atomic E-state index is -0.230. The highest BCUT2D eigenvalue weighted by Crippen LogP contribution is 2.46. The first-order chi connectivity index (χ1) is 10.8. The van der Waals surface area contributed by atoms with Gasteiger partial charge in [0.1, 0.15) is 5.75 Å². The molecular formula is C20H32N2O. The molecule has 1 fully saturated rings. The van der Waals surface area contributed by atoms with Gasteiger partial charge in [0.2, 0.25) is 0 Å². The van der Waals surface area contributed by atoms with Gasteiger partial charge in [-0.2, -0.15) is 0 Å². The number of phenolic OH excluding ortho intramolecular Hbond substituents is 1. The van der Waals surface area contributed by atoms with E-state index in [1.807, 2.05) is 18.2 Å². The third kappa shape index (κ3) is 3.96. The van der Waals surface area contributed by atoms with Crippen LogP contribution in [0.15, 0.2) is 35.9 Å². The number of benzene rings is 1. The van der Waals surface area contributed by atoms with Crippen molar-refractivity contribution in [3.05, 3.63) is 41.5 Å². The van der Waals surface area contributed by atoms with Crippen LogP contribution in [-0.2, 0) is 5.41 Å². The molecule has 3 N–H and O–H groups in total. The number of para-hydroxylation sites is 1. The van der Waals surface area contributed by atoms with Gasteiger partial charge < -0.3 is 5.11 Å². The molecule has 0 bridgehead atoms. The lowest BCUT2D eigenvalue weighted by molar-refractivity contribution is 0.344. The molecule has 0 amide bonds. The minimum absolute atomic E-state index is 0.0621. The van der Waals surface area contributed by atoms with E-state index in [2.05, 4.69) is 51.3 Å². The van der Waals surface area contributed by atoms with E-state index in [9.17, 15) is 5.11 Å². The maximum Gasteiger partial charge on any atom is 0.119 e. The number of hydrogen-bond donors (Lipinski definition) is 3. The van der Waals surface area contributed by atoms with Gasteiger partial charge in [0.25, 0.3) is 0 Å². The van der Waals surface area contributed by atoms with E-state index in [1.54, 1.807) is 6.07 Å². The standard InChI is InChI=1S/C20H32N2O/c1-6-19(2,3)17(14-18-21-12-9-13-22-18)20(4,5)15-10-7-8-11-16(15)23/h7-8,10-11,14,18,21-23H,6,9,12-13H2,1-5H3/b17-14+. The fraction of sp³-hybridized carbons (Fsp3) is 0.600. The van der Waals surface area contributed by atoms with Crippen molar-refractivity contribution in [3.63, 3.8) is 0 Å². The Kier molecular flexibility index (Phi) is 5.53. The first-order valence-corrected chi connectivity index (χ1v) is 8.77. The summed E-state index contributed by atoms with van der Waals surface area (Å²) in [6, 6.07) is 7.71. The van der Waals surface area contributed by atoms with Crippen LogP contribution in [0.25, 0.3) is 0 Å². The van der Waals surface area contributed by atoms with E-state index in [0.29, 0.717) is 5.75 Å². The van der Waals surface area contributed by atoms with E-state index in [-0.39, 0.29) is 17.0 Å². The second-order valence-corrected chi connectivity index (χ2v) is 7.70. The molecule has 0 radical (unpaired) electrons. The summed E-state index contributed by atoms with van der Waals surface area (Å²) in [6.07, 6.45) is 4.77. The molecule has 0 aliphatic carbocycles. The zero-order valence-corrected chi connectivity index (χ0v) is 15.2. The van der Waals surface area contributed by atoms with Gasteiger partial charge in [0, 0.05) is 11.0 Å². The second kappa shape index (κ2) is 7.06. The number of allylic oxidation sites excluding steroid dienone is 1. The maximum absolute atomic E-state index is 10.4. The predicted octanol–water partition coefficient (Wildman–Crippen LogP) is 3.94. The zero-order valence-electron chi connectivity index (χ0n) is 15.2. The van der Waals surface area contributed by atoms with Crippen LogP contribution >= 0.6 is 0 Å². The molecule has 0 unspecified atom stereocenters. The normalized spacial score (nSPS) is 18.2. The van der Waals surface area contributed by atoms with E-state index in [0.717, 1.165) is 25.1 Å². The van der Waals surface area contributed by atoms with Gasteiger partial charge in [-0.15, -0.1) is 0 Å². The van der Waals surface area contributed by atoms with Gasteiger partial charge in [-0.1, -0.05) is 64.5 Å². The van der Waals surface area contributed by atoms with Gasteiger partial charge in [-0.25, -0.2) is 0 Å².